The normalized spacial score (nSPS) is 15.7. The van der Waals surface area contributed by atoms with E-state index in [1.54, 1.807) is 17.0 Å². The predicted molar refractivity (Wildman–Crippen MR) is 78.2 cm³/mol. The Morgan fingerprint density at radius 2 is 2.05 bits per heavy atom. The lowest BCUT2D eigenvalue weighted by Crippen LogP contribution is -2.60. The molecule has 1 aliphatic rings. The van der Waals surface area contributed by atoms with Crippen molar-refractivity contribution in [1.82, 2.24) is 10.2 Å². The number of carbonyl (C=O) groups is 1. The molecule has 6 heteroatoms. The molecular formula is C15H22N2O4. The minimum Gasteiger partial charge on any atom is -0.504 e. The molecular weight excluding hydrogens is 272 g/mol. The molecule has 116 valence electrons. The van der Waals surface area contributed by atoms with Crippen molar-refractivity contribution in [3.63, 3.8) is 0 Å². The average molecular weight is 294 g/mol. The van der Waals surface area contributed by atoms with E-state index < -0.39 is 5.60 Å². The zero-order valence-corrected chi connectivity index (χ0v) is 12.6. The second-order valence-corrected chi connectivity index (χ2v) is 6.25. The van der Waals surface area contributed by atoms with Crippen LogP contribution in [0.15, 0.2) is 18.2 Å². The maximum Gasteiger partial charge on any atom is 0.410 e. The maximum absolute atomic E-state index is 11.8. The first-order chi connectivity index (χ1) is 9.76. The van der Waals surface area contributed by atoms with Gasteiger partial charge in [-0.15, -0.1) is 0 Å². The van der Waals surface area contributed by atoms with Gasteiger partial charge >= 0.3 is 6.09 Å². The summed E-state index contributed by atoms with van der Waals surface area (Å²) in [7, 11) is 0. The summed E-state index contributed by atoms with van der Waals surface area (Å²) in [5.74, 6) is -0.230. The summed E-state index contributed by atoms with van der Waals surface area (Å²) in [6.45, 7) is 7.11. The zero-order chi connectivity index (χ0) is 15.6. The van der Waals surface area contributed by atoms with Crippen LogP contribution in [-0.4, -0.2) is 45.9 Å². The Morgan fingerprint density at radius 1 is 1.38 bits per heavy atom. The SMILES string of the molecule is CC(C)(C)OC(=O)N1CC(NCc2cccc(O)c2O)C1. The summed E-state index contributed by atoms with van der Waals surface area (Å²) in [6.07, 6.45) is -0.305. The van der Waals surface area contributed by atoms with Crippen LogP contribution in [0.2, 0.25) is 0 Å². The van der Waals surface area contributed by atoms with Crippen LogP contribution in [0.1, 0.15) is 26.3 Å². The van der Waals surface area contributed by atoms with Crippen LogP contribution in [0.5, 0.6) is 11.5 Å². The fourth-order valence-corrected chi connectivity index (χ4v) is 2.06. The summed E-state index contributed by atoms with van der Waals surface area (Å²) in [5.41, 5.74) is 0.147. The van der Waals surface area contributed by atoms with Crippen LogP contribution in [0.25, 0.3) is 0 Å². The Bertz CT molecular complexity index is 519. The molecule has 1 aromatic carbocycles. The van der Waals surface area contributed by atoms with Crippen LogP contribution in [0.4, 0.5) is 4.79 Å². The first kappa shape index (κ1) is 15.4. The summed E-state index contributed by atoms with van der Waals surface area (Å²) >= 11 is 0. The van der Waals surface area contributed by atoms with Gasteiger partial charge in [-0.2, -0.15) is 0 Å². The highest BCUT2D eigenvalue weighted by atomic mass is 16.6. The van der Waals surface area contributed by atoms with Crippen molar-refractivity contribution in [3.8, 4) is 11.5 Å². The van der Waals surface area contributed by atoms with Crippen molar-refractivity contribution in [2.24, 2.45) is 0 Å². The van der Waals surface area contributed by atoms with E-state index in [9.17, 15) is 15.0 Å². The number of amides is 1. The lowest BCUT2D eigenvalue weighted by molar-refractivity contribution is 0.00516. The topological polar surface area (TPSA) is 82.0 Å². The minimum atomic E-state index is -0.483. The number of nitrogens with one attached hydrogen (secondary N) is 1. The lowest BCUT2D eigenvalue weighted by Gasteiger charge is -2.40. The Morgan fingerprint density at radius 3 is 2.67 bits per heavy atom. The second kappa shape index (κ2) is 5.81. The number of likely N-dealkylation sites (tertiary alicyclic amines) is 1. The predicted octanol–water partition coefficient (Wildman–Crippen LogP) is 1.81. The molecule has 21 heavy (non-hydrogen) atoms. The van der Waals surface area contributed by atoms with E-state index in [0.717, 1.165) is 0 Å². The number of rotatable bonds is 3. The van der Waals surface area contributed by atoms with E-state index in [1.807, 2.05) is 20.8 Å². The quantitative estimate of drug-likeness (QED) is 0.741. The van der Waals surface area contributed by atoms with Gasteiger partial charge in [-0.05, 0) is 26.8 Å². The third-order valence-electron chi connectivity index (χ3n) is 3.21. The molecule has 0 saturated carbocycles. The van der Waals surface area contributed by atoms with E-state index in [2.05, 4.69) is 5.32 Å². The largest absolute Gasteiger partial charge is 0.504 e. The standard InChI is InChI=1S/C15H22N2O4/c1-15(2,3)21-14(20)17-8-11(9-17)16-7-10-5-4-6-12(18)13(10)19/h4-6,11,16,18-19H,7-9H2,1-3H3. The van der Waals surface area contributed by atoms with Gasteiger partial charge in [0.05, 0.1) is 0 Å². The number of carbonyl (C=O) groups excluding carboxylic acids is 1. The molecule has 2 rings (SSSR count). The van der Waals surface area contributed by atoms with Gasteiger partial charge in [-0.1, -0.05) is 12.1 Å². The number of ether oxygens (including phenoxy) is 1. The van der Waals surface area contributed by atoms with Gasteiger partial charge in [0.1, 0.15) is 5.60 Å². The molecule has 6 nitrogen and oxygen atoms in total. The number of para-hydroxylation sites is 1. The highest BCUT2D eigenvalue weighted by Gasteiger charge is 2.33. The fourth-order valence-electron chi connectivity index (χ4n) is 2.06. The molecule has 3 N–H and O–H groups in total. The van der Waals surface area contributed by atoms with Crippen molar-refractivity contribution >= 4 is 6.09 Å². The molecule has 0 atom stereocenters. The van der Waals surface area contributed by atoms with Crippen molar-refractivity contribution in [2.75, 3.05) is 13.1 Å². The van der Waals surface area contributed by atoms with Crippen LogP contribution in [0.3, 0.4) is 0 Å². The van der Waals surface area contributed by atoms with Gasteiger partial charge in [0.2, 0.25) is 0 Å². The number of benzene rings is 1. The molecule has 0 aliphatic carbocycles. The Kier molecular flexibility index (Phi) is 4.27. The number of hydrogen-bond acceptors (Lipinski definition) is 5. The van der Waals surface area contributed by atoms with Gasteiger partial charge in [-0.25, -0.2) is 4.79 Å². The first-order valence-corrected chi connectivity index (χ1v) is 6.97. The average Bonchev–Trinajstić information content (AvgIpc) is 2.30. The van der Waals surface area contributed by atoms with Gasteiger partial charge in [-0.3, -0.25) is 0 Å². The van der Waals surface area contributed by atoms with E-state index >= 15 is 0 Å². The molecule has 1 fully saturated rings. The number of aromatic hydroxyl groups is 2. The van der Waals surface area contributed by atoms with Crippen molar-refractivity contribution in [2.45, 2.75) is 39.0 Å². The molecule has 0 radical (unpaired) electrons. The Hall–Kier alpha value is -1.95. The summed E-state index contributed by atoms with van der Waals surface area (Å²) in [4.78, 5) is 13.4. The third kappa shape index (κ3) is 4.01. The minimum absolute atomic E-state index is 0.103. The van der Waals surface area contributed by atoms with Crippen LogP contribution < -0.4 is 5.32 Å². The van der Waals surface area contributed by atoms with Crippen molar-refractivity contribution in [1.29, 1.82) is 0 Å². The molecule has 1 saturated heterocycles. The molecule has 0 aromatic heterocycles. The lowest BCUT2D eigenvalue weighted by atomic mass is 10.1. The second-order valence-electron chi connectivity index (χ2n) is 6.25. The number of nitrogens with zero attached hydrogens (tertiary/aromatic N) is 1. The van der Waals surface area contributed by atoms with E-state index in [0.29, 0.717) is 25.2 Å². The number of hydrogen-bond donors (Lipinski definition) is 3. The van der Waals surface area contributed by atoms with Gasteiger partial charge in [0.25, 0.3) is 0 Å². The number of phenolic OH excluding ortho intramolecular Hbond substituents is 2. The highest BCUT2D eigenvalue weighted by Crippen LogP contribution is 2.28. The van der Waals surface area contributed by atoms with Gasteiger partial charge < -0.3 is 25.2 Å². The monoisotopic (exact) mass is 294 g/mol. The van der Waals surface area contributed by atoms with E-state index in [1.165, 1.54) is 6.07 Å². The van der Waals surface area contributed by atoms with Crippen LogP contribution in [-0.2, 0) is 11.3 Å². The van der Waals surface area contributed by atoms with Crippen LogP contribution in [0, 0.1) is 0 Å². The highest BCUT2D eigenvalue weighted by molar-refractivity contribution is 5.69. The summed E-state index contributed by atoms with van der Waals surface area (Å²) < 4.78 is 5.27. The third-order valence-corrected chi connectivity index (χ3v) is 3.21. The molecule has 1 aromatic rings. The van der Waals surface area contributed by atoms with Gasteiger partial charge in [0, 0.05) is 31.2 Å². The molecule has 1 aliphatic heterocycles. The zero-order valence-electron chi connectivity index (χ0n) is 12.6. The van der Waals surface area contributed by atoms with E-state index in [-0.39, 0.29) is 23.6 Å². The Balaban J connectivity index is 1.76. The number of phenols is 2. The van der Waals surface area contributed by atoms with Crippen molar-refractivity contribution in [3.05, 3.63) is 23.8 Å². The summed E-state index contributed by atoms with van der Waals surface area (Å²) in [6, 6.07) is 5.03. The fraction of sp³-hybridized carbons (Fsp3) is 0.533. The molecule has 0 bridgehead atoms. The first-order valence-electron chi connectivity index (χ1n) is 6.97. The molecule has 1 amide bonds. The van der Waals surface area contributed by atoms with Gasteiger partial charge in [0.15, 0.2) is 11.5 Å². The van der Waals surface area contributed by atoms with E-state index in [4.69, 9.17) is 4.74 Å². The molecule has 0 spiro atoms. The maximum atomic E-state index is 11.8. The van der Waals surface area contributed by atoms with Crippen molar-refractivity contribution < 1.29 is 19.7 Å². The smallest absolute Gasteiger partial charge is 0.410 e. The Labute approximate surface area is 124 Å². The molecule has 1 heterocycles. The summed E-state index contributed by atoms with van der Waals surface area (Å²) in [5, 5.41) is 22.3. The molecule has 0 unspecified atom stereocenters. The van der Waals surface area contributed by atoms with Crippen LogP contribution >= 0.6 is 0 Å².